The number of carboxylic acid groups (broad SMARTS) is 3. The second-order valence-electron chi connectivity index (χ2n) is 2.51. The molecule has 0 aliphatic carbocycles. The van der Waals surface area contributed by atoms with E-state index in [1.54, 1.807) is 0 Å². The minimum atomic E-state index is -2.24. The van der Waals surface area contributed by atoms with Crippen LogP contribution in [0.1, 0.15) is 13.3 Å². The Hall–Kier alpha value is -1.59. The summed E-state index contributed by atoms with van der Waals surface area (Å²) >= 11 is 0. The van der Waals surface area contributed by atoms with Crippen LogP contribution in [0.5, 0.6) is 0 Å². The molecule has 0 rings (SSSR count). The Balaban J connectivity index is 4.75. The van der Waals surface area contributed by atoms with Crippen molar-refractivity contribution in [2.75, 3.05) is 0 Å². The van der Waals surface area contributed by atoms with E-state index in [9.17, 15) is 14.4 Å². The van der Waals surface area contributed by atoms with Gasteiger partial charge in [0, 0.05) is 0 Å². The van der Waals surface area contributed by atoms with Gasteiger partial charge in [0.25, 0.3) is 0 Å². The predicted molar refractivity (Wildman–Crippen MR) is 35.6 cm³/mol. The second kappa shape index (κ2) is 3.21. The quantitative estimate of drug-likeness (QED) is 0.504. The Bertz CT molecular complexity index is 216. The molecule has 12 heavy (non-hydrogen) atoms. The van der Waals surface area contributed by atoms with Crippen LogP contribution in [0.4, 0.5) is 0 Å². The Morgan fingerprint density at radius 3 is 1.50 bits per heavy atom. The molecule has 0 atom stereocenters. The number of hydrogen-bond donors (Lipinski definition) is 3. The molecule has 0 aliphatic heterocycles. The van der Waals surface area contributed by atoms with E-state index in [1.807, 2.05) is 0 Å². The van der Waals surface area contributed by atoms with Crippen LogP contribution in [0.2, 0.25) is 0 Å². The summed E-state index contributed by atoms with van der Waals surface area (Å²) in [6.45, 7) is 0.853. The van der Waals surface area contributed by atoms with Crippen molar-refractivity contribution in [3.8, 4) is 0 Å². The van der Waals surface area contributed by atoms with Crippen LogP contribution in [0, 0.1) is 5.41 Å². The predicted octanol–water partition coefficient (Wildman–Crippen LogP) is -0.363. The van der Waals surface area contributed by atoms with E-state index >= 15 is 0 Å². The zero-order valence-electron chi connectivity index (χ0n) is 6.27. The molecule has 3 N–H and O–H groups in total. The molecule has 68 valence electrons. The summed E-state index contributed by atoms with van der Waals surface area (Å²) in [6.07, 6.45) is -0.933. The van der Waals surface area contributed by atoms with Crippen molar-refractivity contribution in [1.29, 1.82) is 0 Å². The zero-order valence-corrected chi connectivity index (χ0v) is 6.27. The summed E-state index contributed by atoms with van der Waals surface area (Å²) in [5, 5.41) is 25.0. The van der Waals surface area contributed by atoms with E-state index in [1.165, 1.54) is 0 Å². The summed E-state index contributed by atoms with van der Waals surface area (Å²) in [5.41, 5.74) is -2.24. The normalized spacial score (nSPS) is 10.8. The van der Waals surface area contributed by atoms with E-state index in [2.05, 4.69) is 0 Å². The van der Waals surface area contributed by atoms with E-state index in [4.69, 9.17) is 15.3 Å². The summed E-state index contributed by atoms with van der Waals surface area (Å²) in [5.74, 6) is -4.77. The lowest BCUT2D eigenvalue weighted by Crippen LogP contribution is -2.38. The van der Waals surface area contributed by atoms with E-state index in [0.717, 1.165) is 6.92 Å². The molecular weight excluding hydrogens is 168 g/mol. The molecule has 0 amide bonds. The average molecular weight is 176 g/mol. The van der Waals surface area contributed by atoms with Gasteiger partial charge < -0.3 is 15.3 Å². The average Bonchev–Trinajstić information content (AvgIpc) is 1.84. The molecule has 0 radical (unpaired) electrons. The first-order valence-electron chi connectivity index (χ1n) is 2.99. The number of carbonyl (C=O) groups is 3. The van der Waals surface area contributed by atoms with E-state index < -0.39 is 29.7 Å². The first-order chi connectivity index (χ1) is 5.30. The lowest BCUT2D eigenvalue weighted by molar-refractivity contribution is -0.168. The maximum atomic E-state index is 10.4. The number of rotatable bonds is 4. The molecule has 6 heteroatoms. The Morgan fingerprint density at radius 2 is 1.42 bits per heavy atom. The maximum Gasteiger partial charge on any atom is 0.321 e. The van der Waals surface area contributed by atoms with E-state index in [-0.39, 0.29) is 0 Å². The number of carboxylic acids is 3. The van der Waals surface area contributed by atoms with E-state index in [0.29, 0.717) is 0 Å². The van der Waals surface area contributed by atoms with Crippen LogP contribution in [-0.2, 0) is 14.4 Å². The first kappa shape index (κ1) is 10.4. The molecular formula is C6H8O6. The highest BCUT2D eigenvalue weighted by molar-refractivity contribution is 6.00. The molecule has 0 heterocycles. The van der Waals surface area contributed by atoms with Gasteiger partial charge in [0.05, 0.1) is 6.42 Å². The van der Waals surface area contributed by atoms with Crippen molar-refractivity contribution in [2.45, 2.75) is 13.3 Å². The van der Waals surface area contributed by atoms with Gasteiger partial charge in [-0.2, -0.15) is 0 Å². The second-order valence-corrected chi connectivity index (χ2v) is 2.51. The van der Waals surface area contributed by atoms with Crippen molar-refractivity contribution in [3.63, 3.8) is 0 Å². The van der Waals surface area contributed by atoms with Gasteiger partial charge in [-0.05, 0) is 6.92 Å². The smallest absolute Gasteiger partial charge is 0.321 e. The van der Waals surface area contributed by atoms with Gasteiger partial charge in [-0.25, -0.2) is 0 Å². The summed E-state index contributed by atoms with van der Waals surface area (Å²) in [4.78, 5) is 30.8. The molecule has 0 aromatic carbocycles. The van der Waals surface area contributed by atoms with Gasteiger partial charge >= 0.3 is 17.9 Å². The largest absolute Gasteiger partial charge is 0.481 e. The minimum Gasteiger partial charge on any atom is -0.481 e. The number of hydrogen-bond acceptors (Lipinski definition) is 3. The fraction of sp³-hybridized carbons (Fsp3) is 0.500. The highest BCUT2D eigenvalue weighted by Crippen LogP contribution is 2.21. The van der Waals surface area contributed by atoms with Gasteiger partial charge in [-0.15, -0.1) is 0 Å². The minimum absolute atomic E-state index is 0.853. The molecule has 0 aromatic rings. The topological polar surface area (TPSA) is 112 Å². The SMILES string of the molecule is CC(CC(=O)O)(C(=O)O)C(=O)O. The number of aliphatic carboxylic acids is 3. The van der Waals surface area contributed by atoms with Crippen LogP contribution >= 0.6 is 0 Å². The maximum absolute atomic E-state index is 10.4. The van der Waals surface area contributed by atoms with Crippen LogP contribution in [0.3, 0.4) is 0 Å². The van der Waals surface area contributed by atoms with Gasteiger partial charge in [0.1, 0.15) is 0 Å². The zero-order chi connectivity index (χ0) is 9.94. The Kier molecular flexibility index (Phi) is 2.78. The Labute approximate surface area is 67.4 Å². The Morgan fingerprint density at radius 1 is 1.08 bits per heavy atom. The van der Waals surface area contributed by atoms with Crippen LogP contribution in [-0.4, -0.2) is 33.2 Å². The molecule has 0 fully saturated rings. The van der Waals surface area contributed by atoms with Crippen molar-refractivity contribution in [1.82, 2.24) is 0 Å². The summed E-state index contributed by atoms with van der Waals surface area (Å²) in [7, 11) is 0. The molecule has 0 bridgehead atoms. The third-order valence-electron chi connectivity index (χ3n) is 1.45. The lowest BCUT2D eigenvalue weighted by Gasteiger charge is -2.16. The summed E-state index contributed by atoms with van der Waals surface area (Å²) in [6, 6.07) is 0. The fourth-order valence-corrected chi connectivity index (χ4v) is 0.545. The van der Waals surface area contributed by atoms with Gasteiger partial charge in [-0.1, -0.05) is 0 Å². The fourth-order valence-electron chi connectivity index (χ4n) is 0.545. The molecule has 0 saturated heterocycles. The van der Waals surface area contributed by atoms with Crippen molar-refractivity contribution >= 4 is 17.9 Å². The molecule has 0 spiro atoms. The van der Waals surface area contributed by atoms with Crippen molar-refractivity contribution in [3.05, 3.63) is 0 Å². The molecule has 0 unspecified atom stereocenters. The summed E-state index contributed by atoms with van der Waals surface area (Å²) < 4.78 is 0. The van der Waals surface area contributed by atoms with Crippen molar-refractivity contribution < 1.29 is 29.7 Å². The molecule has 6 nitrogen and oxygen atoms in total. The third-order valence-corrected chi connectivity index (χ3v) is 1.45. The monoisotopic (exact) mass is 176 g/mol. The molecule has 0 aromatic heterocycles. The van der Waals surface area contributed by atoms with Gasteiger partial charge in [0.2, 0.25) is 0 Å². The standard InChI is InChI=1S/C6H8O6/c1-6(4(9)10,5(11)12)2-3(7)8/h2H2,1H3,(H,7,8)(H,9,10)(H,11,12). The third kappa shape index (κ3) is 1.94. The molecule has 0 saturated carbocycles. The van der Waals surface area contributed by atoms with Crippen LogP contribution in [0.25, 0.3) is 0 Å². The van der Waals surface area contributed by atoms with Gasteiger partial charge in [0.15, 0.2) is 5.41 Å². The van der Waals surface area contributed by atoms with Crippen molar-refractivity contribution in [2.24, 2.45) is 5.41 Å². The van der Waals surface area contributed by atoms with Crippen LogP contribution < -0.4 is 0 Å². The lowest BCUT2D eigenvalue weighted by atomic mass is 9.87. The van der Waals surface area contributed by atoms with Gasteiger partial charge in [-0.3, -0.25) is 14.4 Å². The first-order valence-corrected chi connectivity index (χ1v) is 2.99. The van der Waals surface area contributed by atoms with Crippen LogP contribution in [0.15, 0.2) is 0 Å². The highest BCUT2D eigenvalue weighted by atomic mass is 16.4. The molecule has 0 aliphatic rings. The highest BCUT2D eigenvalue weighted by Gasteiger charge is 2.43.